The van der Waals surface area contributed by atoms with Crippen LogP contribution in [0.4, 0.5) is 8.78 Å². The molecule has 0 saturated heterocycles. The summed E-state index contributed by atoms with van der Waals surface area (Å²) in [6.07, 6.45) is 2.99. The van der Waals surface area contributed by atoms with Crippen molar-refractivity contribution >= 4 is 22.6 Å². The molecule has 0 unspecified atom stereocenters. The molecule has 2 aromatic carbocycles. The highest BCUT2D eigenvalue weighted by Crippen LogP contribution is 2.30. The molecule has 124 valence electrons. The topological polar surface area (TPSA) is 50.7 Å². The van der Waals surface area contributed by atoms with E-state index in [2.05, 4.69) is 9.97 Å². The van der Waals surface area contributed by atoms with Crippen molar-refractivity contribution in [3.63, 3.8) is 0 Å². The predicted octanol–water partition coefficient (Wildman–Crippen LogP) is 4.31. The van der Waals surface area contributed by atoms with Gasteiger partial charge in [-0.2, -0.15) is 0 Å². The van der Waals surface area contributed by atoms with Crippen LogP contribution in [0.2, 0.25) is 5.02 Å². The molecule has 0 atom stereocenters. The number of aromatic amines is 1. The normalized spacial score (nSPS) is 11.2. The number of benzene rings is 2. The zero-order valence-electron chi connectivity index (χ0n) is 12.6. The highest BCUT2D eigenvalue weighted by Gasteiger charge is 2.16. The molecule has 25 heavy (non-hydrogen) atoms. The van der Waals surface area contributed by atoms with Gasteiger partial charge in [0.2, 0.25) is 0 Å². The van der Waals surface area contributed by atoms with Crippen LogP contribution in [0.1, 0.15) is 0 Å². The van der Waals surface area contributed by atoms with Crippen molar-refractivity contribution in [1.29, 1.82) is 0 Å². The predicted molar refractivity (Wildman–Crippen MR) is 92.1 cm³/mol. The lowest BCUT2D eigenvalue weighted by atomic mass is 10.1. The Balaban J connectivity index is 2.03. The second kappa shape index (κ2) is 5.82. The summed E-state index contributed by atoms with van der Waals surface area (Å²) in [5, 5.41) is 0.321. The van der Waals surface area contributed by atoms with E-state index in [9.17, 15) is 13.6 Å². The second-order valence-corrected chi connectivity index (χ2v) is 5.86. The molecule has 0 bridgehead atoms. The number of nitrogens with zero attached hydrogens (tertiary/aromatic N) is 2. The van der Waals surface area contributed by atoms with Crippen molar-refractivity contribution in [1.82, 2.24) is 14.5 Å². The van der Waals surface area contributed by atoms with Gasteiger partial charge < -0.3 is 9.55 Å². The third kappa shape index (κ3) is 2.60. The van der Waals surface area contributed by atoms with Crippen molar-refractivity contribution in [2.24, 2.45) is 0 Å². The molecule has 0 spiro atoms. The van der Waals surface area contributed by atoms with E-state index in [1.165, 1.54) is 36.7 Å². The van der Waals surface area contributed by atoms with E-state index in [0.29, 0.717) is 27.8 Å². The maximum atomic E-state index is 13.5. The summed E-state index contributed by atoms with van der Waals surface area (Å²) < 4.78 is 28.3. The van der Waals surface area contributed by atoms with E-state index in [-0.39, 0.29) is 16.4 Å². The number of hydrogen-bond donors (Lipinski definition) is 1. The monoisotopic (exact) mass is 357 g/mol. The van der Waals surface area contributed by atoms with E-state index in [4.69, 9.17) is 11.6 Å². The third-order valence-corrected chi connectivity index (χ3v) is 4.22. The van der Waals surface area contributed by atoms with Gasteiger partial charge in [0.1, 0.15) is 11.6 Å². The minimum atomic E-state index is -0.536. The molecule has 4 aromatic rings. The maximum Gasteiger partial charge on any atom is 0.260 e. The van der Waals surface area contributed by atoms with Crippen LogP contribution < -0.4 is 5.56 Å². The van der Waals surface area contributed by atoms with Gasteiger partial charge in [-0.3, -0.25) is 4.79 Å². The Morgan fingerprint density at radius 3 is 2.56 bits per heavy atom. The first-order valence-electron chi connectivity index (χ1n) is 7.35. The van der Waals surface area contributed by atoms with Crippen LogP contribution in [-0.4, -0.2) is 14.5 Å². The number of aromatic nitrogens is 3. The fourth-order valence-corrected chi connectivity index (χ4v) is 2.93. The summed E-state index contributed by atoms with van der Waals surface area (Å²) in [7, 11) is 0. The molecule has 0 fully saturated rings. The molecule has 0 amide bonds. The summed E-state index contributed by atoms with van der Waals surface area (Å²) >= 11 is 5.87. The number of rotatable bonds is 2. The Bertz CT molecular complexity index is 1150. The highest BCUT2D eigenvalue weighted by molar-refractivity contribution is 6.30. The first-order valence-corrected chi connectivity index (χ1v) is 7.72. The lowest BCUT2D eigenvalue weighted by Gasteiger charge is -2.05. The van der Waals surface area contributed by atoms with Crippen LogP contribution in [0.25, 0.3) is 27.8 Å². The van der Waals surface area contributed by atoms with E-state index in [1.807, 2.05) is 0 Å². The van der Waals surface area contributed by atoms with Gasteiger partial charge in [0.25, 0.3) is 5.56 Å². The van der Waals surface area contributed by atoms with Crippen molar-refractivity contribution in [2.45, 2.75) is 0 Å². The molecule has 0 aliphatic carbocycles. The van der Waals surface area contributed by atoms with Crippen molar-refractivity contribution in [3.8, 4) is 16.8 Å². The van der Waals surface area contributed by atoms with E-state index in [1.54, 1.807) is 22.9 Å². The number of hydrogen-bond acceptors (Lipinski definition) is 2. The minimum Gasteiger partial charge on any atom is -0.312 e. The van der Waals surface area contributed by atoms with Gasteiger partial charge in [0.15, 0.2) is 5.65 Å². The lowest BCUT2D eigenvalue weighted by molar-refractivity contribution is 0.627. The molecule has 0 aliphatic rings. The summed E-state index contributed by atoms with van der Waals surface area (Å²) in [5.74, 6) is -0.906. The van der Waals surface area contributed by atoms with Gasteiger partial charge in [-0.15, -0.1) is 0 Å². The molecule has 0 aliphatic heterocycles. The Kier molecular flexibility index (Phi) is 3.62. The number of nitrogens with one attached hydrogen (secondary N) is 1. The highest BCUT2D eigenvalue weighted by atomic mass is 35.5. The lowest BCUT2D eigenvalue weighted by Crippen LogP contribution is -2.07. The van der Waals surface area contributed by atoms with Crippen molar-refractivity contribution in [3.05, 3.63) is 82.0 Å². The summed E-state index contributed by atoms with van der Waals surface area (Å²) in [6.45, 7) is 0. The molecule has 4 nitrogen and oxygen atoms in total. The van der Waals surface area contributed by atoms with Crippen LogP contribution in [0.5, 0.6) is 0 Å². The third-order valence-electron chi connectivity index (χ3n) is 3.93. The summed E-state index contributed by atoms with van der Waals surface area (Å²) in [4.78, 5) is 19.1. The fraction of sp³-hybridized carbons (Fsp3) is 0. The fourth-order valence-electron chi connectivity index (χ4n) is 2.75. The summed E-state index contributed by atoms with van der Waals surface area (Å²) in [6, 6.07) is 10.0. The number of H-pyrrole nitrogens is 1. The number of fused-ring (bicyclic) bond motifs is 1. The van der Waals surface area contributed by atoms with E-state index >= 15 is 0 Å². The Hall–Kier alpha value is -2.99. The zero-order chi connectivity index (χ0) is 17.6. The van der Waals surface area contributed by atoms with Crippen molar-refractivity contribution in [2.75, 3.05) is 0 Å². The first-order chi connectivity index (χ1) is 12.0. The minimum absolute atomic E-state index is 0.0347. The zero-order valence-corrected chi connectivity index (χ0v) is 13.4. The Labute approximate surface area is 145 Å². The smallest absolute Gasteiger partial charge is 0.260 e. The van der Waals surface area contributed by atoms with Crippen LogP contribution >= 0.6 is 11.6 Å². The average Bonchev–Trinajstić information content (AvgIpc) is 2.99. The van der Waals surface area contributed by atoms with Gasteiger partial charge in [-0.1, -0.05) is 23.7 Å². The van der Waals surface area contributed by atoms with E-state index in [0.717, 1.165) is 0 Å². The molecule has 0 saturated carbocycles. The first kappa shape index (κ1) is 15.5. The van der Waals surface area contributed by atoms with Gasteiger partial charge in [-0.05, 0) is 35.9 Å². The molecule has 7 heteroatoms. The molecule has 1 N–H and O–H groups in total. The van der Waals surface area contributed by atoms with Crippen LogP contribution in [0.15, 0.2) is 59.8 Å². The molecule has 0 radical (unpaired) electrons. The van der Waals surface area contributed by atoms with Crippen LogP contribution in [0, 0.1) is 11.6 Å². The van der Waals surface area contributed by atoms with Gasteiger partial charge in [0.05, 0.1) is 16.7 Å². The average molecular weight is 358 g/mol. The van der Waals surface area contributed by atoms with E-state index < -0.39 is 5.82 Å². The Morgan fingerprint density at radius 1 is 1.08 bits per heavy atom. The molecular weight excluding hydrogens is 348 g/mol. The summed E-state index contributed by atoms with van der Waals surface area (Å²) in [5.41, 5.74) is 1.88. The van der Waals surface area contributed by atoms with Gasteiger partial charge >= 0.3 is 0 Å². The molecular formula is C18H10ClF2N3O. The maximum absolute atomic E-state index is 13.5. The SMILES string of the molecule is O=c1[nH]cnc2c1c(-c1ccc(F)cc1)cn2-c1ccc(F)c(Cl)c1. The molecule has 2 heterocycles. The quantitative estimate of drug-likeness (QED) is 0.581. The molecule has 4 rings (SSSR count). The van der Waals surface area contributed by atoms with Gasteiger partial charge in [0, 0.05) is 17.4 Å². The van der Waals surface area contributed by atoms with Gasteiger partial charge in [-0.25, -0.2) is 13.8 Å². The number of halogens is 3. The van der Waals surface area contributed by atoms with Crippen LogP contribution in [-0.2, 0) is 0 Å². The largest absolute Gasteiger partial charge is 0.312 e. The standard InChI is InChI=1S/C18H10ClF2N3O/c19-14-7-12(5-6-15(14)21)24-8-13(10-1-3-11(20)4-2-10)16-17(24)22-9-23-18(16)25/h1-9H,(H,22,23,25). The Morgan fingerprint density at radius 2 is 1.84 bits per heavy atom. The van der Waals surface area contributed by atoms with Crippen molar-refractivity contribution < 1.29 is 8.78 Å². The second-order valence-electron chi connectivity index (χ2n) is 5.45. The van der Waals surface area contributed by atoms with Crippen LogP contribution in [0.3, 0.4) is 0 Å². The molecule has 2 aromatic heterocycles.